The molecule has 0 saturated heterocycles. The highest BCUT2D eigenvalue weighted by Crippen LogP contribution is 2.65. The van der Waals surface area contributed by atoms with Crippen LogP contribution in [0.4, 0.5) is 0 Å². The Balaban J connectivity index is 1.29. The number of sulfonamides is 1. The Labute approximate surface area is 229 Å². The van der Waals surface area contributed by atoms with Gasteiger partial charge < -0.3 is 9.84 Å². The zero-order chi connectivity index (χ0) is 27.3. The van der Waals surface area contributed by atoms with Gasteiger partial charge in [-0.25, -0.2) is 8.42 Å². The molecule has 0 bridgehead atoms. The molecule has 9 atom stereocenters. The van der Waals surface area contributed by atoms with Crippen molar-refractivity contribution in [3.8, 4) is 6.07 Å². The minimum atomic E-state index is -3.63. The summed E-state index contributed by atoms with van der Waals surface area (Å²) < 4.78 is 34.3. The van der Waals surface area contributed by atoms with Gasteiger partial charge >= 0.3 is 0 Å². The maximum atomic E-state index is 13.5. The molecule has 210 valence electrons. The molecule has 4 saturated carbocycles. The second kappa shape index (κ2) is 10.5. The topological polar surface area (TPSA) is 90.6 Å². The van der Waals surface area contributed by atoms with E-state index < -0.39 is 15.6 Å². The van der Waals surface area contributed by atoms with Crippen LogP contribution in [-0.4, -0.2) is 49.7 Å². The Bertz CT molecular complexity index is 1150. The normalized spacial score (nSPS) is 39.6. The molecule has 0 aromatic heterocycles. The van der Waals surface area contributed by atoms with Gasteiger partial charge in [0, 0.05) is 19.7 Å². The molecule has 0 aliphatic heterocycles. The molecule has 5 rings (SSSR count). The van der Waals surface area contributed by atoms with Crippen molar-refractivity contribution in [1.29, 1.82) is 5.26 Å². The summed E-state index contributed by atoms with van der Waals surface area (Å²) in [6.45, 7) is 7.68. The molecule has 0 heterocycles. The van der Waals surface area contributed by atoms with Gasteiger partial charge in [-0.3, -0.25) is 0 Å². The number of fused-ring (bicyclic) bond motifs is 5. The molecule has 4 aliphatic carbocycles. The van der Waals surface area contributed by atoms with Gasteiger partial charge in [-0.05, 0) is 137 Å². The van der Waals surface area contributed by atoms with Crippen LogP contribution in [0.2, 0.25) is 0 Å². The quantitative estimate of drug-likeness (QED) is 0.484. The van der Waals surface area contributed by atoms with E-state index in [-0.39, 0.29) is 16.4 Å². The maximum absolute atomic E-state index is 13.5. The van der Waals surface area contributed by atoms with Crippen molar-refractivity contribution in [2.45, 2.75) is 95.1 Å². The van der Waals surface area contributed by atoms with Crippen LogP contribution in [0.15, 0.2) is 29.2 Å². The average Bonchev–Trinajstić information content (AvgIpc) is 3.28. The molecule has 4 aliphatic rings. The Morgan fingerprint density at radius 2 is 1.79 bits per heavy atom. The summed E-state index contributed by atoms with van der Waals surface area (Å²) in [7, 11) is -1.90. The third-order valence-corrected chi connectivity index (χ3v) is 13.5. The van der Waals surface area contributed by atoms with Gasteiger partial charge in [-0.2, -0.15) is 9.57 Å². The fourth-order valence-corrected chi connectivity index (χ4v) is 11.0. The summed E-state index contributed by atoms with van der Waals surface area (Å²) in [6, 6.07) is 8.26. The summed E-state index contributed by atoms with van der Waals surface area (Å²) in [5.74, 6) is 3.80. The van der Waals surface area contributed by atoms with Crippen molar-refractivity contribution in [3.05, 3.63) is 29.8 Å². The van der Waals surface area contributed by atoms with Gasteiger partial charge in [-0.15, -0.1) is 0 Å². The first kappa shape index (κ1) is 28.1. The van der Waals surface area contributed by atoms with E-state index in [1.807, 2.05) is 6.92 Å². The van der Waals surface area contributed by atoms with E-state index in [9.17, 15) is 13.5 Å². The molecule has 6 nitrogen and oxygen atoms in total. The number of benzene rings is 1. The van der Waals surface area contributed by atoms with Gasteiger partial charge in [0.2, 0.25) is 10.0 Å². The van der Waals surface area contributed by atoms with Gasteiger partial charge in [-0.1, -0.05) is 6.92 Å². The molecule has 0 radical (unpaired) electrons. The summed E-state index contributed by atoms with van der Waals surface area (Å²) in [5.41, 5.74) is -0.0209. The second-order valence-electron chi connectivity index (χ2n) is 13.2. The number of rotatable bonds is 7. The molecule has 7 heteroatoms. The second-order valence-corrected chi connectivity index (χ2v) is 15.2. The third kappa shape index (κ3) is 4.74. The first-order chi connectivity index (χ1) is 18.0. The standard InChI is InChI=1S/C31H46N2O4S/c1-5-37-20-31(34)17-15-25-23(18-31)8-11-27-26(25)14-16-30(3)28(12-13-29(27)30)21(2)33(4)38(35,36)24-9-6-22(19-32)7-10-24/h6-7,9-10,21,23,25-29,34H,5,8,11-18,20H2,1-4H3/t21?,23-,25+,26-,27-,28-,29+,30-,31-/m1/s1. The van der Waals surface area contributed by atoms with E-state index in [1.165, 1.54) is 32.1 Å². The van der Waals surface area contributed by atoms with Crippen LogP contribution in [0.3, 0.4) is 0 Å². The van der Waals surface area contributed by atoms with Gasteiger partial charge in [0.1, 0.15) is 0 Å². The number of hydrogen-bond acceptors (Lipinski definition) is 5. The van der Waals surface area contributed by atoms with Crippen LogP contribution in [0, 0.1) is 52.3 Å². The van der Waals surface area contributed by atoms with E-state index in [0.717, 1.165) is 43.4 Å². The average molecular weight is 543 g/mol. The lowest BCUT2D eigenvalue weighted by molar-refractivity contribution is -0.129. The molecular formula is C31H46N2O4S. The van der Waals surface area contributed by atoms with Gasteiger partial charge in [0.25, 0.3) is 0 Å². The first-order valence-corrected chi connectivity index (χ1v) is 16.3. The molecule has 1 unspecified atom stereocenters. The smallest absolute Gasteiger partial charge is 0.243 e. The molecule has 0 amide bonds. The highest BCUT2D eigenvalue weighted by atomic mass is 32.2. The number of ether oxygens (including phenoxy) is 1. The Kier molecular flexibility index (Phi) is 7.76. The minimum Gasteiger partial charge on any atom is -0.387 e. The largest absolute Gasteiger partial charge is 0.387 e. The van der Waals surface area contributed by atoms with Crippen LogP contribution >= 0.6 is 0 Å². The zero-order valence-corrected chi connectivity index (χ0v) is 24.4. The predicted molar refractivity (Wildman–Crippen MR) is 148 cm³/mol. The van der Waals surface area contributed by atoms with Crippen molar-refractivity contribution in [2.24, 2.45) is 40.9 Å². The van der Waals surface area contributed by atoms with E-state index in [2.05, 4.69) is 19.9 Å². The van der Waals surface area contributed by atoms with Crippen molar-refractivity contribution in [2.75, 3.05) is 20.3 Å². The lowest BCUT2D eigenvalue weighted by Gasteiger charge is -2.57. The highest BCUT2D eigenvalue weighted by Gasteiger charge is 2.59. The van der Waals surface area contributed by atoms with Crippen molar-refractivity contribution >= 4 is 10.0 Å². The fourth-order valence-electron chi connectivity index (χ4n) is 9.56. The molecule has 1 aromatic carbocycles. The monoisotopic (exact) mass is 542 g/mol. The molecule has 0 spiro atoms. The summed E-state index contributed by atoms with van der Waals surface area (Å²) in [4.78, 5) is 0.258. The zero-order valence-electron chi connectivity index (χ0n) is 23.6. The molecule has 38 heavy (non-hydrogen) atoms. The summed E-state index contributed by atoms with van der Waals surface area (Å²) >= 11 is 0. The van der Waals surface area contributed by atoms with E-state index in [4.69, 9.17) is 10.00 Å². The number of nitrogens with zero attached hydrogens (tertiary/aromatic N) is 2. The number of hydrogen-bond donors (Lipinski definition) is 1. The van der Waals surface area contributed by atoms with Crippen LogP contribution in [0.5, 0.6) is 0 Å². The molecule has 4 fully saturated rings. The van der Waals surface area contributed by atoms with Gasteiger partial charge in [0.15, 0.2) is 0 Å². The van der Waals surface area contributed by atoms with Crippen LogP contribution in [0.1, 0.15) is 84.1 Å². The number of nitriles is 1. The predicted octanol–water partition coefficient (Wildman–Crippen LogP) is 5.60. The first-order valence-electron chi connectivity index (χ1n) is 14.8. The van der Waals surface area contributed by atoms with E-state index >= 15 is 0 Å². The summed E-state index contributed by atoms with van der Waals surface area (Å²) in [6.07, 6.45) is 10.0. The number of aliphatic hydroxyl groups is 1. The third-order valence-electron chi connectivity index (χ3n) is 11.6. The van der Waals surface area contributed by atoms with E-state index in [1.54, 1.807) is 35.6 Å². The molecule has 1 aromatic rings. The summed E-state index contributed by atoms with van der Waals surface area (Å²) in [5, 5.41) is 20.2. The van der Waals surface area contributed by atoms with Crippen molar-refractivity contribution < 1.29 is 18.3 Å². The van der Waals surface area contributed by atoms with Crippen LogP contribution in [0.25, 0.3) is 0 Å². The van der Waals surface area contributed by atoms with Crippen LogP contribution < -0.4 is 0 Å². The van der Waals surface area contributed by atoms with E-state index in [0.29, 0.717) is 36.5 Å². The lowest BCUT2D eigenvalue weighted by Crippen LogP contribution is -2.53. The Morgan fingerprint density at radius 3 is 2.47 bits per heavy atom. The SMILES string of the molecule is CCOC[C@@]1(O)CC[C@H]2[C@H](CC[C@@H]3[C@@H]2CC[C@]2(C)[C@@H](C(C)N(C)S(=O)(=O)c4ccc(C#N)cc4)CC[C@@H]32)C1. The Hall–Kier alpha value is -1.46. The van der Waals surface area contributed by atoms with Crippen LogP contribution in [-0.2, 0) is 14.8 Å². The van der Waals surface area contributed by atoms with Gasteiger partial charge in [0.05, 0.1) is 28.7 Å². The molecular weight excluding hydrogens is 496 g/mol. The minimum absolute atomic E-state index is 0.0817. The fraction of sp³-hybridized carbons (Fsp3) is 0.774. The Morgan fingerprint density at radius 1 is 1.08 bits per heavy atom. The van der Waals surface area contributed by atoms with Crippen molar-refractivity contribution in [1.82, 2.24) is 4.31 Å². The van der Waals surface area contributed by atoms with Crippen molar-refractivity contribution in [3.63, 3.8) is 0 Å². The highest BCUT2D eigenvalue weighted by molar-refractivity contribution is 7.89. The maximum Gasteiger partial charge on any atom is 0.243 e. The lowest BCUT2D eigenvalue weighted by atomic mass is 9.48. The molecule has 1 N–H and O–H groups in total.